The first kappa shape index (κ1) is 32.9. The number of carboxylic acid groups (broad SMARTS) is 1. The maximum absolute atomic E-state index is 12.9. The molecule has 0 rings (SSSR count). The maximum Gasteiger partial charge on any atom is 0.326 e. The number of hydrogen-bond acceptors (Lipinski definition) is 9. The Labute approximate surface area is 213 Å². The minimum atomic E-state index is -1.53. The molecule has 0 aliphatic heterocycles. The fourth-order valence-corrected chi connectivity index (χ4v) is 3.37. The fourth-order valence-electron chi connectivity index (χ4n) is 2.90. The summed E-state index contributed by atoms with van der Waals surface area (Å²) in [7, 11) is 0. The Morgan fingerprint density at radius 1 is 0.917 bits per heavy atom. The number of nitrogens with zero attached hydrogens (tertiary/aromatic N) is 1. The Bertz CT molecular complexity index is 792. The van der Waals surface area contributed by atoms with Gasteiger partial charge in [0.15, 0.2) is 5.96 Å². The average molecular weight is 535 g/mol. The predicted octanol–water partition coefficient (Wildman–Crippen LogP) is -3.69. The van der Waals surface area contributed by atoms with Crippen LogP contribution in [0.25, 0.3) is 0 Å². The second kappa shape index (κ2) is 17.3. The number of nitrogens with two attached hydrogens (primary N) is 4. The third-order valence-electron chi connectivity index (χ3n) is 4.90. The molecular weight excluding hydrogens is 496 g/mol. The summed E-state index contributed by atoms with van der Waals surface area (Å²) in [6.07, 6.45) is 0.604. The number of aliphatic hydroxyl groups excluding tert-OH is 1. The second-order valence-electron chi connectivity index (χ2n) is 8.03. The van der Waals surface area contributed by atoms with Crippen LogP contribution in [-0.2, 0) is 24.0 Å². The topological polar surface area (TPSA) is 278 Å². The molecule has 0 aromatic rings. The molecule has 0 aliphatic rings. The summed E-state index contributed by atoms with van der Waals surface area (Å²) in [5, 5.41) is 26.4. The van der Waals surface area contributed by atoms with Crippen LogP contribution < -0.4 is 38.9 Å². The van der Waals surface area contributed by atoms with Gasteiger partial charge in [0.1, 0.15) is 18.1 Å². The SMILES string of the molecule is CSCCC(NC(=O)C(NC(=O)C(CCC(N)=O)NC(=O)C(N)CCCN=C(N)N)C(C)O)C(=O)O. The molecule has 36 heavy (non-hydrogen) atoms. The Morgan fingerprint density at radius 2 is 1.53 bits per heavy atom. The van der Waals surface area contributed by atoms with E-state index in [0.717, 1.165) is 0 Å². The lowest BCUT2D eigenvalue weighted by Gasteiger charge is -2.26. The summed E-state index contributed by atoms with van der Waals surface area (Å²) in [5.41, 5.74) is 21.5. The summed E-state index contributed by atoms with van der Waals surface area (Å²) in [5.74, 6) is -4.18. The van der Waals surface area contributed by atoms with E-state index < -0.39 is 59.9 Å². The molecular formula is C20H38N8O7S. The highest BCUT2D eigenvalue weighted by Crippen LogP contribution is 2.05. The van der Waals surface area contributed by atoms with E-state index in [9.17, 15) is 34.2 Å². The van der Waals surface area contributed by atoms with E-state index in [4.69, 9.17) is 22.9 Å². The molecule has 0 saturated heterocycles. The van der Waals surface area contributed by atoms with Crippen molar-refractivity contribution >= 4 is 47.3 Å². The molecule has 0 aromatic heterocycles. The van der Waals surface area contributed by atoms with Gasteiger partial charge in [-0.15, -0.1) is 0 Å². The van der Waals surface area contributed by atoms with Crippen molar-refractivity contribution in [3.63, 3.8) is 0 Å². The predicted molar refractivity (Wildman–Crippen MR) is 134 cm³/mol. The van der Waals surface area contributed by atoms with Crippen LogP contribution in [0.3, 0.4) is 0 Å². The summed E-state index contributed by atoms with van der Waals surface area (Å²) in [6.45, 7) is 1.47. The van der Waals surface area contributed by atoms with E-state index in [1.54, 1.807) is 6.26 Å². The van der Waals surface area contributed by atoms with Gasteiger partial charge < -0.3 is 49.1 Å². The highest BCUT2D eigenvalue weighted by Gasteiger charge is 2.32. The summed E-state index contributed by atoms with van der Waals surface area (Å²) >= 11 is 1.39. The van der Waals surface area contributed by atoms with Gasteiger partial charge in [-0.1, -0.05) is 0 Å². The van der Waals surface area contributed by atoms with Crippen molar-refractivity contribution < 1.29 is 34.2 Å². The van der Waals surface area contributed by atoms with E-state index in [-0.39, 0.29) is 38.2 Å². The lowest BCUT2D eigenvalue weighted by Crippen LogP contribution is -2.60. The van der Waals surface area contributed by atoms with Crippen molar-refractivity contribution in [2.45, 2.75) is 69.3 Å². The van der Waals surface area contributed by atoms with E-state index >= 15 is 0 Å². The molecule has 0 aromatic carbocycles. The molecule has 16 heteroatoms. The largest absolute Gasteiger partial charge is 0.480 e. The zero-order chi connectivity index (χ0) is 27.8. The zero-order valence-corrected chi connectivity index (χ0v) is 21.3. The molecule has 0 radical (unpaired) electrons. The number of carboxylic acids is 1. The van der Waals surface area contributed by atoms with Gasteiger partial charge in [0, 0.05) is 13.0 Å². The van der Waals surface area contributed by atoms with E-state index in [0.29, 0.717) is 12.2 Å². The molecule has 206 valence electrons. The van der Waals surface area contributed by atoms with Crippen LogP contribution >= 0.6 is 11.8 Å². The smallest absolute Gasteiger partial charge is 0.326 e. The number of carbonyl (C=O) groups is 5. The highest BCUT2D eigenvalue weighted by atomic mass is 32.2. The Hall–Kier alpha value is -3.11. The first-order valence-corrected chi connectivity index (χ1v) is 12.6. The van der Waals surface area contributed by atoms with Crippen molar-refractivity contribution in [3.8, 4) is 0 Å². The molecule has 0 fully saturated rings. The van der Waals surface area contributed by atoms with E-state index in [1.807, 2.05) is 0 Å². The lowest BCUT2D eigenvalue weighted by molar-refractivity contribution is -0.143. The molecule has 0 spiro atoms. The Balaban J connectivity index is 5.37. The van der Waals surface area contributed by atoms with Crippen LogP contribution in [0.15, 0.2) is 4.99 Å². The number of hydrogen-bond donors (Lipinski definition) is 9. The van der Waals surface area contributed by atoms with Crippen molar-refractivity contribution in [1.82, 2.24) is 16.0 Å². The minimum absolute atomic E-state index is 0.105. The van der Waals surface area contributed by atoms with Crippen LogP contribution in [0.5, 0.6) is 0 Å². The highest BCUT2D eigenvalue weighted by molar-refractivity contribution is 7.98. The number of amides is 4. The zero-order valence-electron chi connectivity index (χ0n) is 20.4. The van der Waals surface area contributed by atoms with Crippen LogP contribution in [0.4, 0.5) is 0 Å². The monoisotopic (exact) mass is 534 g/mol. The van der Waals surface area contributed by atoms with Crippen LogP contribution in [0.1, 0.15) is 39.0 Å². The molecule has 0 aliphatic carbocycles. The fraction of sp³-hybridized carbons (Fsp3) is 0.700. The molecule has 4 amide bonds. The number of aliphatic imine (C=N–C) groups is 1. The number of carbonyl (C=O) groups excluding carboxylic acids is 4. The third kappa shape index (κ3) is 13.7. The number of primary amides is 1. The van der Waals surface area contributed by atoms with Gasteiger partial charge in [0.05, 0.1) is 12.1 Å². The van der Waals surface area contributed by atoms with Crippen LogP contribution in [0.2, 0.25) is 0 Å². The summed E-state index contributed by atoms with van der Waals surface area (Å²) in [6, 6.07) is -5.10. The number of aliphatic carboxylic acids is 1. The van der Waals surface area contributed by atoms with Gasteiger partial charge in [0.2, 0.25) is 23.6 Å². The van der Waals surface area contributed by atoms with Gasteiger partial charge in [-0.3, -0.25) is 24.2 Å². The summed E-state index contributed by atoms with van der Waals surface area (Å²) < 4.78 is 0. The first-order chi connectivity index (χ1) is 16.8. The standard InChI is InChI=1S/C20H38N8O7S/c1-10(29)15(18(33)27-13(19(34)35)7-9-36-2)28-17(32)12(5-6-14(22)30)26-16(31)11(21)4-3-8-25-20(23)24/h10-13,15,29H,3-9,21H2,1-2H3,(H2,22,30)(H,26,31)(H,27,33)(H,28,32)(H,34,35)(H4,23,24,25). The number of nitrogens with one attached hydrogen (secondary N) is 3. The number of guanidine groups is 1. The normalized spacial score (nSPS) is 14.9. The molecule has 5 atom stereocenters. The third-order valence-corrected chi connectivity index (χ3v) is 5.55. The van der Waals surface area contributed by atoms with Gasteiger partial charge in [-0.2, -0.15) is 11.8 Å². The van der Waals surface area contributed by atoms with Gasteiger partial charge in [-0.25, -0.2) is 4.79 Å². The van der Waals surface area contributed by atoms with Crippen molar-refractivity contribution in [2.75, 3.05) is 18.6 Å². The molecule has 13 N–H and O–H groups in total. The first-order valence-electron chi connectivity index (χ1n) is 11.2. The van der Waals surface area contributed by atoms with Gasteiger partial charge >= 0.3 is 5.97 Å². The summed E-state index contributed by atoms with van der Waals surface area (Å²) in [4.78, 5) is 64.5. The van der Waals surface area contributed by atoms with Crippen molar-refractivity contribution in [1.29, 1.82) is 0 Å². The van der Waals surface area contributed by atoms with Crippen molar-refractivity contribution in [3.05, 3.63) is 0 Å². The van der Waals surface area contributed by atoms with Gasteiger partial charge in [-0.05, 0) is 44.6 Å². The Kier molecular flexibility index (Phi) is 15.8. The van der Waals surface area contributed by atoms with E-state index in [1.165, 1.54) is 18.7 Å². The number of rotatable bonds is 18. The van der Waals surface area contributed by atoms with Crippen LogP contribution in [0, 0.1) is 0 Å². The number of aliphatic hydroxyl groups is 1. The number of thioether (sulfide) groups is 1. The molecule has 0 bridgehead atoms. The molecule has 5 unspecified atom stereocenters. The minimum Gasteiger partial charge on any atom is -0.480 e. The van der Waals surface area contributed by atoms with Crippen LogP contribution in [-0.4, -0.2) is 94.6 Å². The molecule has 0 saturated carbocycles. The van der Waals surface area contributed by atoms with E-state index in [2.05, 4.69) is 20.9 Å². The maximum atomic E-state index is 12.9. The van der Waals surface area contributed by atoms with Gasteiger partial charge in [0.25, 0.3) is 0 Å². The molecule has 15 nitrogen and oxygen atoms in total. The second-order valence-corrected chi connectivity index (χ2v) is 9.01. The molecule has 0 heterocycles. The lowest BCUT2D eigenvalue weighted by atomic mass is 10.1. The average Bonchev–Trinajstić information content (AvgIpc) is 2.79. The quantitative estimate of drug-likeness (QED) is 0.0468. The Morgan fingerprint density at radius 3 is 2.03 bits per heavy atom. The van der Waals surface area contributed by atoms with Crippen molar-refractivity contribution in [2.24, 2.45) is 27.9 Å².